The van der Waals surface area contributed by atoms with Crippen LogP contribution in [0, 0.1) is 0 Å². The monoisotopic (exact) mass is 306 g/mol. The molecule has 8 heteroatoms. The molecule has 0 amide bonds. The number of hydrogen-bond acceptors (Lipinski definition) is 4. The van der Waals surface area contributed by atoms with Crippen LogP contribution in [-0.4, -0.2) is 30.9 Å². The second kappa shape index (κ2) is 7.72. The molecule has 0 aliphatic heterocycles. The van der Waals surface area contributed by atoms with Gasteiger partial charge in [0.15, 0.2) is 5.84 Å². The highest BCUT2D eigenvalue weighted by molar-refractivity contribution is 5.99. The lowest BCUT2D eigenvalue weighted by Crippen LogP contribution is -2.18. The minimum absolute atomic E-state index is 0.0957. The molecule has 0 fully saturated rings. The normalized spacial score (nSPS) is 12.5. The molecule has 0 atom stereocenters. The highest BCUT2D eigenvalue weighted by Crippen LogP contribution is 2.32. The van der Waals surface area contributed by atoms with E-state index < -0.39 is 17.6 Å². The fraction of sp³-hybridized carbons (Fsp3) is 0.462. The molecule has 0 radical (unpaired) electrons. The number of alkyl halides is 3. The van der Waals surface area contributed by atoms with Crippen LogP contribution in [-0.2, 0) is 10.9 Å². The lowest BCUT2D eigenvalue weighted by Gasteiger charge is -2.14. The fourth-order valence-electron chi connectivity index (χ4n) is 1.54. The fourth-order valence-corrected chi connectivity index (χ4v) is 1.54. The van der Waals surface area contributed by atoms with Gasteiger partial charge in [-0.15, -0.1) is 0 Å². The third-order valence-electron chi connectivity index (χ3n) is 2.52. The van der Waals surface area contributed by atoms with Gasteiger partial charge in [-0.1, -0.05) is 12.1 Å². The number of halogens is 3. The Labute approximate surface area is 120 Å². The summed E-state index contributed by atoms with van der Waals surface area (Å²) in [6.07, 6.45) is -3.66. The van der Waals surface area contributed by atoms with Gasteiger partial charge in [-0.3, -0.25) is 0 Å². The summed E-state index contributed by atoms with van der Waals surface area (Å²) in [6.45, 7) is 2.97. The molecule has 0 heterocycles. The summed E-state index contributed by atoms with van der Waals surface area (Å²) in [4.78, 5) is 0. The molecule has 118 valence electrons. The van der Waals surface area contributed by atoms with Crippen LogP contribution in [0.4, 0.5) is 13.2 Å². The molecule has 1 aromatic rings. The van der Waals surface area contributed by atoms with Crippen LogP contribution in [0.3, 0.4) is 0 Å². The number of ether oxygens (including phenoxy) is 2. The summed E-state index contributed by atoms with van der Waals surface area (Å²) in [5.74, 6) is -0.357. The first-order valence-corrected chi connectivity index (χ1v) is 6.29. The summed E-state index contributed by atoms with van der Waals surface area (Å²) >= 11 is 0. The number of amidine groups is 1. The topological polar surface area (TPSA) is 77.1 Å². The van der Waals surface area contributed by atoms with Crippen LogP contribution in [0.25, 0.3) is 0 Å². The number of nitrogens with two attached hydrogens (primary N) is 1. The lowest BCUT2D eigenvalue weighted by molar-refractivity contribution is -0.137. The van der Waals surface area contributed by atoms with Gasteiger partial charge in [0, 0.05) is 6.61 Å². The van der Waals surface area contributed by atoms with Gasteiger partial charge in [-0.25, -0.2) is 0 Å². The van der Waals surface area contributed by atoms with Gasteiger partial charge in [0.05, 0.1) is 17.7 Å². The second-order valence-corrected chi connectivity index (χ2v) is 4.15. The van der Waals surface area contributed by atoms with Gasteiger partial charge in [0.2, 0.25) is 0 Å². The minimum atomic E-state index is -4.52. The zero-order valence-corrected chi connectivity index (χ0v) is 11.5. The van der Waals surface area contributed by atoms with E-state index in [0.29, 0.717) is 13.2 Å². The third-order valence-corrected chi connectivity index (χ3v) is 2.52. The Kier molecular flexibility index (Phi) is 6.29. The van der Waals surface area contributed by atoms with E-state index in [4.69, 9.17) is 20.4 Å². The lowest BCUT2D eigenvalue weighted by atomic mass is 10.1. The molecule has 0 bridgehead atoms. The Balaban J connectivity index is 2.88. The predicted molar refractivity (Wildman–Crippen MR) is 70.6 cm³/mol. The molecule has 0 saturated carbocycles. The first kappa shape index (κ1) is 17.1. The van der Waals surface area contributed by atoms with E-state index in [9.17, 15) is 13.2 Å². The quantitative estimate of drug-likeness (QED) is 0.267. The number of nitrogens with zero attached hydrogens (tertiary/aromatic N) is 1. The van der Waals surface area contributed by atoms with Crippen LogP contribution in [0.5, 0.6) is 5.75 Å². The van der Waals surface area contributed by atoms with E-state index in [-0.39, 0.29) is 17.9 Å². The number of rotatable bonds is 7. The molecule has 3 N–H and O–H groups in total. The van der Waals surface area contributed by atoms with Crippen molar-refractivity contribution >= 4 is 5.84 Å². The SMILES string of the molecule is CCCOCCOc1ccc(C(F)(F)F)cc1C(N)=NO. The highest BCUT2D eigenvalue weighted by atomic mass is 19.4. The van der Waals surface area contributed by atoms with Crippen LogP contribution in [0.1, 0.15) is 24.5 Å². The molecular weight excluding hydrogens is 289 g/mol. The van der Waals surface area contributed by atoms with E-state index in [1.165, 1.54) is 0 Å². The third kappa shape index (κ3) is 5.14. The maximum absolute atomic E-state index is 12.7. The van der Waals surface area contributed by atoms with Gasteiger partial charge in [-0.2, -0.15) is 13.2 Å². The molecule has 0 aliphatic rings. The van der Waals surface area contributed by atoms with Crippen molar-refractivity contribution in [2.75, 3.05) is 19.8 Å². The Hall–Kier alpha value is -1.96. The summed E-state index contributed by atoms with van der Waals surface area (Å²) < 4.78 is 48.5. The molecule has 0 aromatic heterocycles. The van der Waals surface area contributed by atoms with Crippen molar-refractivity contribution in [3.05, 3.63) is 29.3 Å². The van der Waals surface area contributed by atoms with Crippen molar-refractivity contribution < 1.29 is 27.9 Å². The standard InChI is InChI=1S/C13H17F3N2O3/c1-2-5-20-6-7-21-11-4-3-9(13(14,15)16)8-10(11)12(17)18-19/h3-4,8,19H,2,5-7H2,1H3,(H2,17,18). The summed E-state index contributed by atoms with van der Waals surface area (Å²) in [7, 11) is 0. The summed E-state index contributed by atoms with van der Waals surface area (Å²) in [5, 5.41) is 11.4. The van der Waals surface area contributed by atoms with Gasteiger partial charge < -0.3 is 20.4 Å². The molecule has 0 unspecified atom stereocenters. The number of hydrogen-bond donors (Lipinski definition) is 2. The molecule has 0 spiro atoms. The smallest absolute Gasteiger partial charge is 0.416 e. The minimum Gasteiger partial charge on any atom is -0.490 e. The average Bonchev–Trinajstić information content (AvgIpc) is 2.45. The van der Waals surface area contributed by atoms with E-state index >= 15 is 0 Å². The van der Waals surface area contributed by atoms with Crippen LogP contribution < -0.4 is 10.5 Å². The highest BCUT2D eigenvalue weighted by Gasteiger charge is 2.31. The largest absolute Gasteiger partial charge is 0.490 e. The molecule has 1 aromatic carbocycles. The van der Waals surface area contributed by atoms with Gasteiger partial charge in [0.25, 0.3) is 0 Å². The maximum Gasteiger partial charge on any atom is 0.416 e. The summed E-state index contributed by atoms with van der Waals surface area (Å²) in [6, 6.07) is 2.78. The number of oxime groups is 1. The molecule has 1 rings (SSSR count). The zero-order valence-electron chi connectivity index (χ0n) is 11.5. The Morgan fingerprint density at radius 2 is 2.00 bits per heavy atom. The van der Waals surface area contributed by atoms with E-state index in [1.54, 1.807) is 0 Å². The summed E-state index contributed by atoms with van der Waals surface area (Å²) in [5.41, 5.74) is 4.35. The molecule has 5 nitrogen and oxygen atoms in total. The van der Waals surface area contributed by atoms with E-state index in [0.717, 1.165) is 24.6 Å². The first-order chi connectivity index (χ1) is 9.90. The molecular formula is C13H17F3N2O3. The average molecular weight is 306 g/mol. The second-order valence-electron chi connectivity index (χ2n) is 4.15. The Bertz CT molecular complexity index is 490. The van der Waals surface area contributed by atoms with Crippen LogP contribution in [0.15, 0.2) is 23.4 Å². The Morgan fingerprint density at radius 3 is 2.57 bits per heavy atom. The van der Waals surface area contributed by atoms with E-state index in [1.807, 2.05) is 6.92 Å². The van der Waals surface area contributed by atoms with Crippen LogP contribution in [0.2, 0.25) is 0 Å². The zero-order chi connectivity index (χ0) is 15.9. The predicted octanol–water partition coefficient (Wildman–Crippen LogP) is 2.61. The van der Waals surface area contributed by atoms with Crippen molar-refractivity contribution in [2.45, 2.75) is 19.5 Å². The van der Waals surface area contributed by atoms with Gasteiger partial charge in [0.1, 0.15) is 12.4 Å². The van der Waals surface area contributed by atoms with Crippen molar-refractivity contribution in [2.24, 2.45) is 10.9 Å². The number of benzene rings is 1. The first-order valence-electron chi connectivity index (χ1n) is 6.29. The van der Waals surface area contributed by atoms with Crippen molar-refractivity contribution in [1.29, 1.82) is 0 Å². The molecule has 21 heavy (non-hydrogen) atoms. The van der Waals surface area contributed by atoms with Crippen molar-refractivity contribution in [1.82, 2.24) is 0 Å². The maximum atomic E-state index is 12.7. The van der Waals surface area contributed by atoms with Gasteiger partial charge in [-0.05, 0) is 24.6 Å². The molecule has 0 aliphatic carbocycles. The van der Waals surface area contributed by atoms with Gasteiger partial charge >= 0.3 is 6.18 Å². The Morgan fingerprint density at radius 1 is 1.29 bits per heavy atom. The van der Waals surface area contributed by atoms with Crippen molar-refractivity contribution in [3.63, 3.8) is 0 Å². The van der Waals surface area contributed by atoms with Crippen LogP contribution >= 0.6 is 0 Å². The van der Waals surface area contributed by atoms with E-state index in [2.05, 4.69) is 5.16 Å². The van der Waals surface area contributed by atoms with Crippen molar-refractivity contribution in [3.8, 4) is 5.75 Å². The molecule has 0 saturated heterocycles.